The first-order chi connectivity index (χ1) is 20.8. The largest absolute Gasteiger partial charge is 0.391 e. The van der Waals surface area contributed by atoms with E-state index in [1.165, 1.54) is 11.6 Å². The van der Waals surface area contributed by atoms with Gasteiger partial charge >= 0.3 is 0 Å². The molecule has 3 amide bonds. The Morgan fingerprint density at radius 3 is 2.40 bits per heavy atom. The summed E-state index contributed by atoms with van der Waals surface area (Å²) in [5.74, 6) is -1.38. The number of nitrogens with one attached hydrogen (secondary N) is 4. The van der Waals surface area contributed by atoms with Gasteiger partial charge in [-0.15, -0.1) is 5.10 Å². The molecule has 0 saturated heterocycles. The number of carbonyl (C=O) groups excluding carboxylic acids is 3. The Morgan fingerprint density at radius 1 is 0.907 bits per heavy atom. The molecule has 0 saturated carbocycles. The number of rotatable bonds is 9. The molecule has 226 valence electrons. The summed E-state index contributed by atoms with van der Waals surface area (Å²) in [5, 5.41) is 28.7. The third-order valence-electron chi connectivity index (χ3n) is 7.83. The maximum atomic E-state index is 14.0. The molecule has 3 heterocycles. The minimum atomic E-state index is -1.02. The van der Waals surface area contributed by atoms with Gasteiger partial charge in [0.15, 0.2) is 0 Å². The summed E-state index contributed by atoms with van der Waals surface area (Å²) in [6, 6.07) is 13.5. The number of aliphatic hydroxyl groups is 1. The second-order valence-electron chi connectivity index (χ2n) is 11.0. The maximum absolute atomic E-state index is 14.0. The highest BCUT2D eigenvalue weighted by molar-refractivity contribution is 5.94. The van der Waals surface area contributed by atoms with Crippen molar-refractivity contribution in [3.63, 3.8) is 0 Å². The Kier molecular flexibility index (Phi) is 9.48. The van der Waals surface area contributed by atoms with Gasteiger partial charge in [-0.25, -0.2) is 4.68 Å². The van der Waals surface area contributed by atoms with Crippen molar-refractivity contribution in [3.8, 4) is 0 Å². The van der Waals surface area contributed by atoms with Gasteiger partial charge in [-0.1, -0.05) is 53.7 Å². The topological polar surface area (TPSA) is 180 Å². The van der Waals surface area contributed by atoms with Crippen molar-refractivity contribution in [1.82, 2.24) is 35.9 Å². The Hall–Kier alpha value is -4.55. The first-order valence-electron chi connectivity index (χ1n) is 14.6. The first-order valence-corrected chi connectivity index (χ1v) is 14.6. The molecule has 0 aliphatic carbocycles. The summed E-state index contributed by atoms with van der Waals surface area (Å²) in [4.78, 5) is 44.7. The van der Waals surface area contributed by atoms with E-state index in [2.05, 4.69) is 31.2 Å². The van der Waals surface area contributed by atoms with Crippen LogP contribution in [0.5, 0.6) is 0 Å². The van der Waals surface area contributed by atoms with Gasteiger partial charge in [0, 0.05) is 29.9 Å². The van der Waals surface area contributed by atoms with Crippen LogP contribution < -0.4 is 21.7 Å². The molecule has 5 atom stereocenters. The average Bonchev–Trinajstić information content (AvgIpc) is 3.65. The van der Waals surface area contributed by atoms with Crippen molar-refractivity contribution in [2.24, 2.45) is 5.73 Å². The summed E-state index contributed by atoms with van der Waals surface area (Å²) < 4.78 is 1.43. The van der Waals surface area contributed by atoms with E-state index < -0.39 is 48.0 Å². The molecule has 2 aromatic carbocycles. The zero-order valence-electron chi connectivity index (χ0n) is 24.1. The number of aliphatic hydroxyl groups excluding tert-OH is 1. The van der Waals surface area contributed by atoms with Crippen LogP contribution in [0.15, 0.2) is 67.0 Å². The molecule has 5 rings (SSSR count). The van der Waals surface area contributed by atoms with Crippen LogP contribution in [0.1, 0.15) is 55.1 Å². The number of unbranched alkanes of at least 4 members (excludes halogenated alkanes) is 1. The number of fused-ring (bicyclic) bond motifs is 3. The van der Waals surface area contributed by atoms with Gasteiger partial charge in [-0.05, 0) is 49.9 Å². The number of hydrogen-bond donors (Lipinski definition) is 6. The Bertz CT molecular complexity index is 1550. The van der Waals surface area contributed by atoms with E-state index in [4.69, 9.17) is 5.73 Å². The van der Waals surface area contributed by atoms with Gasteiger partial charge < -0.3 is 31.8 Å². The summed E-state index contributed by atoms with van der Waals surface area (Å²) in [6.07, 6.45) is 4.45. The molecular formula is C31H38N8O4. The molecule has 2 aromatic heterocycles. The minimum absolute atomic E-state index is 0.190. The summed E-state index contributed by atoms with van der Waals surface area (Å²) in [7, 11) is 0. The number of aromatic amines is 1. The molecule has 7 N–H and O–H groups in total. The summed E-state index contributed by atoms with van der Waals surface area (Å²) in [6.45, 7) is 1.99. The Labute approximate surface area is 249 Å². The summed E-state index contributed by atoms with van der Waals surface area (Å²) >= 11 is 0. The number of aromatic nitrogens is 4. The normalized spacial score (nSPS) is 22.1. The number of hydrogen-bond acceptors (Lipinski definition) is 7. The number of amides is 3. The van der Waals surface area contributed by atoms with Crippen molar-refractivity contribution in [2.75, 3.05) is 6.54 Å². The quantitative estimate of drug-likeness (QED) is 0.161. The fraction of sp³-hybridized carbons (Fsp3) is 0.387. The van der Waals surface area contributed by atoms with E-state index in [-0.39, 0.29) is 12.8 Å². The zero-order valence-corrected chi connectivity index (χ0v) is 24.1. The maximum Gasteiger partial charge on any atom is 0.245 e. The predicted octanol–water partition coefficient (Wildman–Crippen LogP) is 1.44. The van der Waals surface area contributed by atoms with Crippen LogP contribution in [0.3, 0.4) is 0 Å². The van der Waals surface area contributed by atoms with Gasteiger partial charge in [0.25, 0.3) is 0 Å². The van der Waals surface area contributed by atoms with E-state index in [0.29, 0.717) is 31.5 Å². The fourth-order valence-corrected chi connectivity index (χ4v) is 5.46. The molecule has 2 bridgehead atoms. The van der Waals surface area contributed by atoms with Crippen molar-refractivity contribution < 1.29 is 19.5 Å². The lowest BCUT2D eigenvalue weighted by Gasteiger charge is -2.26. The van der Waals surface area contributed by atoms with Crippen LogP contribution in [-0.4, -0.2) is 67.5 Å². The van der Waals surface area contributed by atoms with Crippen LogP contribution in [0.2, 0.25) is 0 Å². The van der Waals surface area contributed by atoms with Crippen LogP contribution in [0, 0.1) is 0 Å². The van der Waals surface area contributed by atoms with E-state index in [1.807, 2.05) is 60.8 Å². The van der Waals surface area contributed by atoms with Gasteiger partial charge in [-0.2, -0.15) is 0 Å². The third kappa shape index (κ3) is 7.09. The molecule has 43 heavy (non-hydrogen) atoms. The molecule has 1 aliphatic heterocycles. The standard InChI is InChI=1S/C31H38N8O4/c1-19(40)28-26-18-39(38-37-26)27(15-20-9-3-2-4-10-20)31(43)35-25(16-21-17-33-23-12-6-5-11-22(21)23)30(42)34-24(29(41)36-28)13-7-8-14-32/h2-6,9-12,17-19,24-25,27-28,33,40H,7-8,13-16,32H2,1H3,(H,34,42)(H,35,43)(H,36,41)/t19-,24+,25+,27+,28+/m0/s1. The highest BCUT2D eigenvalue weighted by Crippen LogP contribution is 2.22. The van der Waals surface area contributed by atoms with Gasteiger partial charge in [0.2, 0.25) is 17.7 Å². The highest BCUT2D eigenvalue weighted by Gasteiger charge is 2.34. The number of para-hydroxylation sites is 1. The van der Waals surface area contributed by atoms with E-state index in [0.717, 1.165) is 22.0 Å². The molecule has 0 spiro atoms. The minimum Gasteiger partial charge on any atom is -0.391 e. The van der Waals surface area contributed by atoms with Crippen LogP contribution in [0.4, 0.5) is 0 Å². The second-order valence-corrected chi connectivity index (χ2v) is 11.0. The van der Waals surface area contributed by atoms with E-state index >= 15 is 0 Å². The van der Waals surface area contributed by atoms with Crippen LogP contribution in [0.25, 0.3) is 10.9 Å². The number of benzene rings is 2. The fourth-order valence-electron chi connectivity index (χ4n) is 5.46. The third-order valence-corrected chi connectivity index (χ3v) is 7.83. The zero-order chi connectivity index (χ0) is 30.3. The smallest absolute Gasteiger partial charge is 0.245 e. The van der Waals surface area contributed by atoms with Crippen molar-refractivity contribution in [1.29, 1.82) is 0 Å². The lowest BCUT2D eigenvalue weighted by atomic mass is 10.0. The average molecular weight is 587 g/mol. The summed E-state index contributed by atoms with van der Waals surface area (Å²) in [5.41, 5.74) is 8.64. The van der Waals surface area contributed by atoms with Gasteiger partial charge in [-0.3, -0.25) is 14.4 Å². The second kappa shape index (κ2) is 13.6. The first kappa shape index (κ1) is 29.9. The van der Waals surface area contributed by atoms with E-state index in [1.54, 1.807) is 6.20 Å². The molecule has 0 unspecified atom stereocenters. The molecule has 12 heteroatoms. The van der Waals surface area contributed by atoms with Gasteiger partial charge in [0.1, 0.15) is 29.9 Å². The molecule has 4 aromatic rings. The monoisotopic (exact) mass is 586 g/mol. The molecule has 1 aliphatic rings. The molecule has 0 radical (unpaired) electrons. The SMILES string of the molecule is C[C@H](O)[C@H]1NC(=O)[C@@H](CCCCN)NC(=O)[C@@H](Cc2c[nH]c3ccccc23)NC(=O)[C@@H](Cc2ccccc2)n2cc1nn2. The Balaban J connectivity index is 1.54. The lowest BCUT2D eigenvalue weighted by Crippen LogP contribution is -2.55. The number of carbonyl (C=O) groups is 3. The molecule has 12 nitrogen and oxygen atoms in total. The Morgan fingerprint density at radius 2 is 1.63 bits per heavy atom. The van der Waals surface area contributed by atoms with Crippen LogP contribution in [-0.2, 0) is 27.2 Å². The van der Waals surface area contributed by atoms with Crippen LogP contribution >= 0.6 is 0 Å². The molecular weight excluding hydrogens is 548 g/mol. The van der Waals surface area contributed by atoms with Crippen molar-refractivity contribution in [2.45, 2.75) is 69.3 Å². The van der Waals surface area contributed by atoms with Crippen molar-refractivity contribution in [3.05, 3.63) is 83.8 Å². The number of nitrogens with zero attached hydrogens (tertiary/aromatic N) is 3. The predicted molar refractivity (Wildman–Crippen MR) is 161 cm³/mol. The molecule has 0 fully saturated rings. The van der Waals surface area contributed by atoms with Gasteiger partial charge in [0.05, 0.1) is 12.3 Å². The highest BCUT2D eigenvalue weighted by atomic mass is 16.3. The lowest BCUT2D eigenvalue weighted by molar-refractivity contribution is -0.133. The van der Waals surface area contributed by atoms with Crippen molar-refractivity contribution >= 4 is 28.6 Å². The number of H-pyrrole nitrogens is 1. The van der Waals surface area contributed by atoms with E-state index in [9.17, 15) is 19.5 Å². The number of nitrogens with two attached hydrogens (primary N) is 1.